The first-order valence-electron chi connectivity index (χ1n) is 11.0. The minimum absolute atomic E-state index is 0.0502. The highest BCUT2D eigenvalue weighted by atomic mass is 32.2. The molecule has 2 aliphatic rings. The minimum Gasteiger partial charge on any atom is -0.465 e. The van der Waals surface area contributed by atoms with E-state index in [2.05, 4.69) is 25.4 Å². The van der Waals surface area contributed by atoms with Crippen molar-refractivity contribution in [2.75, 3.05) is 25.5 Å². The maximum atomic E-state index is 12.4. The van der Waals surface area contributed by atoms with Gasteiger partial charge in [0.2, 0.25) is 15.8 Å². The van der Waals surface area contributed by atoms with Crippen LogP contribution in [0.5, 0.6) is 0 Å². The van der Waals surface area contributed by atoms with Crippen molar-refractivity contribution in [1.29, 1.82) is 0 Å². The van der Waals surface area contributed by atoms with Crippen LogP contribution in [0.4, 0.5) is 10.5 Å². The molecule has 12 heteroatoms. The number of hydrogen-bond donors (Lipinski definition) is 3. The Kier molecular flexibility index (Phi) is 6.60. The number of nitrogens with one attached hydrogen (secondary N) is 2. The maximum Gasteiger partial charge on any atom is 0.407 e. The normalized spacial score (nSPS) is 18.6. The Labute approximate surface area is 187 Å². The maximum absolute atomic E-state index is 12.4. The highest BCUT2D eigenvalue weighted by Crippen LogP contribution is 2.31. The van der Waals surface area contributed by atoms with Gasteiger partial charge in [-0.25, -0.2) is 17.9 Å². The van der Waals surface area contributed by atoms with Crippen LogP contribution in [0.25, 0.3) is 11.4 Å². The van der Waals surface area contributed by atoms with Gasteiger partial charge in [-0.1, -0.05) is 19.3 Å². The Morgan fingerprint density at radius 2 is 1.84 bits per heavy atom. The van der Waals surface area contributed by atoms with Crippen LogP contribution in [-0.4, -0.2) is 70.9 Å². The van der Waals surface area contributed by atoms with Gasteiger partial charge in [-0.3, -0.25) is 0 Å². The summed E-state index contributed by atoms with van der Waals surface area (Å²) in [6.45, 7) is 0.836. The molecule has 1 aromatic carbocycles. The Morgan fingerprint density at radius 1 is 1.12 bits per heavy atom. The van der Waals surface area contributed by atoms with Gasteiger partial charge in [-0.15, -0.1) is 10.2 Å². The molecular formula is C20H29N7O4S. The fraction of sp³-hybridized carbons (Fsp3) is 0.600. The van der Waals surface area contributed by atoms with Crippen molar-refractivity contribution in [3.05, 3.63) is 18.2 Å². The summed E-state index contributed by atoms with van der Waals surface area (Å²) < 4.78 is 27.1. The minimum atomic E-state index is -3.63. The lowest BCUT2D eigenvalue weighted by atomic mass is 9.95. The number of anilines is 1. The van der Waals surface area contributed by atoms with E-state index in [9.17, 15) is 13.2 Å². The van der Waals surface area contributed by atoms with Gasteiger partial charge >= 0.3 is 6.09 Å². The van der Waals surface area contributed by atoms with Crippen molar-refractivity contribution in [3.63, 3.8) is 0 Å². The summed E-state index contributed by atoms with van der Waals surface area (Å²) in [7, 11) is -2.25. The number of hydrogen-bond acceptors (Lipinski definition) is 7. The lowest BCUT2D eigenvalue weighted by Gasteiger charge is -2.28. The van der Waals surface area contributed by atoms with Crippen molar-refractivity contribution < 1.29 is 18.3 Å². The largest absolute Gasteiger partial charge is 0.465 e. The zero-order valence-corrected chi connectivity index (χ0v) is 18.9. The van der Waals surface area contributed by atoms with Gasteiger partial charge in [0.25, 0.3) is 0 Å². The Bertz CT molecular complexity index is 1060. The molecule has 0 unspecified atom stereocenters. The Hall–Kier alpha value is -2.73. The summed E-state index contributed by atoms with van der Waals surface area (Å²) in [5.74, 6) is 0.345. The van der Waals surface area contributed by atoms with E-state index in [1.165, 1.54) is 36.0 Å². The van der Waals surface area contributed by atoms with E-state index in [-0.39, 0.29) is 10.9 Å². The second-order valence-electron chi connectivity index (χ2n) is 8.33. The molecule has 2 aromatic rings. The lowest BCUT2D eigenvalue weighted by Crippen LogP contribution is -2.38. The molecule has 3 N–H and O–H groups in total. The zero-order valence-electron chi connectivity index (χ0n) is 18.1. The van der Waals surface area contributed by atoms with E-state index in [4.69, 9.17) is 5.11 Å². The highest BCUT2D eigenvalue weighted by molar-refractivity contribution is 7.89. The van der Waals surface area contributed by atoms with Crippen LogP contribution in [-0.2, 0) is 10.0 Å². The third-order valence-corrected chi connectivity index (χ3v) is 7.68. The number of benzene rings is 1. The number of amides is 1. The number of carbonyl (C=O) groups is 1. The molecule has 2 fully saturated rings. The molecule has 0 bridgehead atoms. The van der Waals surface area contributed by atoms with Crippen LogP contribution >= 0.6 is 0 Å². The average molecular weight is 464 g/mol. The van der Waals surface area contributed by atoms with Crippen molar-refractivity contribution >= 4 is 21.8 Å². The third kappa shape index (κ3) is 4.85. The molecular weight excluding hydrogens is 434 g/mol. The number of rotatable bonds is 6. The summed E-state index contributed by atoms with van der Waals surface area (Å²) in [6.07, 6.45) is 5.99. The molecule has 1 amide bonds. The van der Waals surface area contributed by atoms with Crippen LogP contribution in [0.1, 0.15) is 51.0 Å². The van der Waals surface area contributed by atoms with Gasteiger partial charge < -0.3 is 15.3 Å². The van der Waals surface area contributed by atoms with Gasteiger partial charge in [0, 0.05) is 30.4 Å². The molecule has 1 saturated carbocycles. The van der Waals surface area contributed by atoms with Crippen molar-refractivity contribution in [3.8, 4) is 11.4 Å². The number of carboxylic acid groups (broad SMARTS) is 1. The molecule has 0 radical (unpaired) electrons. The smallest absolute Gasteiger partial charge is 0.407 e. The van der Waals surface area contributed by atoms with Crippen LogP contribution in [0.2, 0.25) is 0 Å². The molecule has 32 heavy (non-hydrogen) atoms. The molecule has 1 aliphatic heterocycles. The first kappa shape index (κ1) is 22.5. The van der Waals surface area contributed by atoms with Crippen LogP contribution in [0, 0.1) is 0 Å². The summed E-state index contributed by atoms with van der Waals surface area (Å²) in [4.78, 5) is 14.2. The van der Waals surface area contributed by atoms with E-state index in [0.29, 0.717) is 43.4 Å². The SMILES string of the molecule is CNS(=O)(=O)c1ccc(NC2CCCCC2)c(-c2nnn(C3CCN(C(=O)O)CC3)n2)c1. The number of aromatic nitrogens is 4. The van der Waals surface area contributed by atoms with Crippen molar-refractivity contribution in [2.45, 2.75) is 61.9 Å². The van der Waals surface area contributed by atoms with Crippen molar-refractivity contribution in [2.24, 2.45) is 0 Å². The number of tetrazole rings is 1. The van der Waals surface area contributed by atoms with Gasteiger partial charge in [-0.2, -0.15) is 4.80 Å². The molecule has 4 rings (SSSR count). The molecule has 0 atom stereocenters. The van der Waals surface area contributed by atoms with Gasteiger partial charge in [0.05, 0.1) is 10.9 Å². The van der Waals surface area contributed by atoms with E-state index in [1.807, 2.05) is 0 Å². The fourth-order valence-corrected chi connectivity index (χ4v) is 5.12. The molecule has 0 spiro atoms. The standard InChI is InChI=1S/C20H29N7O4S/c1-21-32(30,31)16-7-8-18(22-14-5-3-2-4-6-14)17(13-16)19-23-25-27(24-19)15-9-11-26(12-10-15)20(28)29/h7-8,13-15,21-22H,2-6,9-12H2,1H3,(H,28,29). The highest BCUT2D eigenvalue weighted by Gasteiger charge is 2.26. The molecule has 2 heterocycles. The van der Waals surface area contributed by atoms with Gasteiger partial charge in [0.15, 0.2) is 0 Å². The Morgan fingerprint density at radius 3 is 2.50 bits per heavy atom. The molecule has 1 aromatic heterocycles. The van der Waals surface area contributed by atoms with E-state index in [0.717, 1.165) is 18.5 Å². The van der Waals surface area contributed by atoms with Gasteiger partial charge in [-0.05, 0) is 56.1 Å². The first-order chi connectivity index (χ1) is 15.4. The number of likely N-dealkylation sites (tertiary alicyclic amines) is 1. The fourth-order valence-electron chi connectivity index (χ4n) is 4.36. The van der Waals surface area contributed by atoms with Crippen LogP contribution < -0.4 is 10.0 Å². The molecule has 1 saturated heterocycles. The van der Waals surface area contributed by atoms with Crippen LogP contribution in [0.3, 0.4) is 0 Å². The monoisotopic (exact) mass is 463 g/mol. The summed E-state index contributed by atoms with van der Waals surface area (Å²) in [5, 5.41) is 25.7. The first-order valence-corrected chi connectivity index (χ1v) is 12.5. The second kappa shape index (κ2) is 9.41. The molecule has 174 valence electrons. The lowest BCUT2D eigenvalue weighted by molar-refractivity contribution is 0.121. The molecule has 1 aliphatic carbocycles. The van der Waals surface area contributed by atoms with E-state index in [1.54, 1.807) is 18.2 Å². The predicted molar refractivity (Wildman–Crippen MR) is 118 cm³/mol. The number of piperidine rings is 1. The second-order valence-corrected chi connectivity index (χ2v) is 10.2. The summed E-state index contributed by atoms with van der Waals surface area (Å²) in [5.41, 5.74) is 1.37. The van der Waals surface area contributed by atoms with E-state index < -0.39 is 16.1 Å². The number of sulfonamides is 1. The third-order valence-electron chi connectivity index (χ3n) is 6.27. The van der Waals surface area contributed by atoms with Crippen molar-refractivity contribution in [1.82, 2.24) is 29.8 Å². The van der Waals surface area contributed by atoms with E-state index >= 15 is 0 Å². The summed E-state index contributed by atoms with van der Waals surface area (Å²) in [6, 6.07) is 5.19. The topological polar surface area (TPSA) is 142 Å². The number of nitrogens with zero attached hydrogens (tertiary/aromatic N) is 5. The molecule has 11 nitrogen and oxygen atoms in total. The quantitative estimate of drug-likeness (QED) is 0.592. The zero-order chi connectivity index (χ0) is 22.7. The average Bonchev–Trinajstić information content (AvgIpc) is 3.30. The van der Waals surface area contributed by atoms with Crippen LogP contribution in [0.15, 0.2) is 23.1 Å². The Balaban J connectivity index is 1.62. The summed E-state index contributed by atoms with van der Waals surface area (Å²) >= 11 is 0. The van der Waals surface area contributed by atoms with Gasteiger partial charge in [0.1, 0.15) is 0 Å². The predicted octanol–water partition coefficient (Wildman–Crippen LogP) is 2.31.